The second kappa shape index (κ2) is 10.1. The van der Waals surface area contributed by atoms with Crippen molar-refractivity contribution < 1.29 is 0 Å². The average molecular weight is 469 g/mol. The first-order valence-corrected chi connectivity index (χ1v) is 14.0. The molecule has 0 saturated carbocycles. The molecule has 1 unspecified atom stereocenters. The fourth-order valence-corrected chi connectivity index (χ4v) is 7.07. The van der Waals surface area contributed by atoms with Crippen LogP contribution in [0.3, 0.4) is 0 Å². The Bertz CT molecular complexity index is 1110. The van der Waals surface area contributed by atoms with Crippen molar-refractivity contribution in [3.63, 3.8) is 0 Å². The average Bonchev–Trinajstić information content (AvgIpc) is 3.14. The van der Waals surface area contributed by atoms with Crippen molar-refractivity contribution in [2.24, 2.45) is 11.3 Å². The Balaban J connectivity index is 1.71. The molecule has 0 bridgehead atoms. The summed E-state index contributed by atoms with van der Waals surface area (Å²) in [5, 5.41) is 1.71. The number of hydrogen-bond acceptors (Lipinski definition) is 4. The number of nitrogens with zero attached hydrogens (tertiary/aromatic N) is 2. The molecule has 4 rings (SSSR count). The van der Waals surface area contributed by atoms with Crippen molar-refractivity contribution in [2.75, 3.05) is 5.75 Å². The smallest absolute Gasteiger partial charge is 0.267 e. The van der Waals surface area contributed by atoms with Crippen LogP contribution in [0.4, 0.5) is 0 Å². The van der Waals surface area contributed by atoms with E-state index < -0.39 is 0 Å². The van der Waals surface area contributed by atoms with Crippen molar-refractivity contribution in [3.05, 3.63) is 51.1 Å². The van der Waals surface area contributed by atoms with Gasteiger partial charge in [-0.15, -0.1) is 11.3 Å². The van der Waals surface area contributed by atoms with Crippen LogP contribution in [0.25, 0.3) is 15.9 Å². The van der Waals surface area contributed by atoms with Crippen LogP contribution < -0.4 is 5.56 Å². The first kappa shape index (κ1) is 23.6. The van der Waals surface area contributed by atoms with Gasteiger partial charge in [0, 0.05) is 10.6 Å². The highest BCUT2D eigenvalue weighted by Gasteiger charge is 2.32. The molecule has 1 aliphatic carbocycles. The van der Waals surface area contributed by atoms with Gasteiger partial charge >= 0.3 is 0 Å². The van der Waals surface area contributed by atoms with E-state index in [9.17, 15) is 4.79 Å². The van der Waals surface area contributed by atoms with Gasteiger partial charge < -0.3 is 0 Å². The largest absolute Gasteiger partial charge is 0.268 e. The minimum absolute atomic E-state index is 0.112. The van der Waals surface area contributed by atoms with Crippen LogP contribution >= 0.6 is 23.1 Å². The molecule has 0 saturated heterocycles. The molecule has 0 fully saturated rings. The Morgan fingerprint density at radius 3 is 2.59 bits per heavy atom. The number of para-hydroxylation sites is 1. The normalized spacial score (nSPS) is 16.4. The summed E-state index contributed by atoms with van der Waals surface area (Å²) in [6, 6.07) is 10.0. The fourth-order valence-electron chi connectivity index (χ4n) is 4.72. The van der Waals surface area contributed by atoms with Crippen LogP contribution in [0.1, 0.15) is 76.7 Å². The lowest BCUT2D eigenvalue weighted by Crippen LogP contribution is -2.27. The zero-order valence-corrected chi connectivity index (χ0v) is 21.6. The number of unbranched alkanes of at least 4 members (excludes halogenated alkanes) is 4. The summed E-state index contributed by atoms with van der Waals surface area (Å²) >= 11 is 3.50. The van der Waals surface area contributed by atoms with E-state index in [1.54, 1.807) is 23.1 Å². The molecule has 1 atom stereocenters. The van der Waals surface area contributed by atoms with Crippen LogP contribution in [-0.4, -0.2) is 15.3 Å². The van der Waals surface area contributed by atoms with Crippen LogP contribution in [-0.2, 0) is 12.8 Å². The standard InChI is InChI=1S/C27H36N2OS2/c1-5-6-7-8-12-17-31-26-28-24-23(25(30)29(26)20-13-10-9-11-14-20)21-16-15-19(27(2,3)4)18-22(21)32-24/h9-11,13-14,19H,5-8,12,15-18H2,1-4H3. The maximum atomic E-state index is 13.9. The summed E-state index contributed by atoms with van der Waals surface area (Å²) in [4.78, 5) is 21.3. The van der Waals surface area contributed by atoms with E-state index in [0.717, 1.165) is 46.1 Å². The summed E-state index contributed by atoms with van der Waals surface area (Å²) in [6.45, 7) is 9.26. The van der Waals surface area contributed by atoms with Gasteiger partial charge in [0.2, 0.25) is 0 Å². The van der Waals surface area contributed by atoms with Gasteiger partial charge in [0.05, 0.1) is 11.1 Å². The van der Waals surface area contributed by atoms with Gasteiger partial charge in [-0.25, -0.2) is 4.98 Å². The second-order valence-electron chi connectivity index (χ2n) is 10.1. The highest BCUT2D eigenvalue weighted by molar-refractivity contribution is 7.99. The molecule has 3 aromatic rings. The van der Waals surface area contributed by atoms with E-state index in [0.29, 0.717) is 11.3 Å². The zero-order valence-electron chi connectivity index (χ0n) is 19.9. The van der Waals surface area contributed by atoms with Crippen molar-refractivity contribution in [1.29, 1.82) is 0 Å². The monoisotopic (exact) mass is 468 g/mol. The van der Waals surface area contributed by atoms with Gasteiger partial charge in [0.15, 0.2) is 5.16 Å². The SMILES string of the molecule is CCCCCCCSc1nc2sc3c(c2c(=O)n1-c1ccccc1)CCC(C(C)(C)C)C3. The Hall–Kier alpha value is -1.59. The van der Waals surface area contributed by atoms with Gasteiger partial charge in [-0.05, 0) is 54.7 Å². The van der Waals surface area contributed by atoms with E-state index in [1.807, 2.05) is 34.9 Å². The van der Waals surface area contributed by atoms with Gasteiger partial charge in [-0.3, -0.25) is 9.36 Å². The van der Waals surface area contributed by atoms with Crippen molar-refractivity contribution in [2.45, 2.75) is 84.2 Å². The molecule has 2 heterocycles. The Morgan fingerprint density at radius 2 is 1.88 bits per heavy atom. The number of thiophene rings is 1. The second-order valence-corrected chi connectivity index (χ2v) is 12.3. The number of aryl methyl sites for hydroxylation is 1. The molecule has 0 amide bonds. The Morgan fingerprint density at radius 1 is 1.12 bits per heavy atom. The minimum atomic E-state index is 0.112. The minimum Gasteiger partial charge on any atom is -0.268 e. The molecule has 0 N–H and O–H groups in total. The maximum absolute atomic E-state index is 13.9. The third-order valence-electron chi connectivity index (χ3n) is 6.77. The van der Waals surface area contributed by atoms with E-state index in [4.69, 9.17) is 4.98 Å². The first-order valence-electron chi connectivity index (χ1n) is 12.2. The molecule has 0 radical (unpaired) electrons. The summed E-state index contributed by atoms with van der Waals surface area (Å²) in [7, 11) is 0. The van der Waals surface area contributed by atoms with E-state index in [2.05, 4.69) is 27.7 Å². The summed E-state index contributed by atoms with van der Waals surface area (Å²) < 4.78 is 1.86. The van der Waals surface area contributed by atoms with Gasteiger partial charge in [0.1, 0.15) is 4.83 Å². The van der Waals surface area contributed by atoms with E-state index in [1.165, 1.54) is 42.5 Å². The highest BCUT2D eigenvalue weighted by Crippen LogP contribution is 2.42. The number of fused-ring (bicyclic) bond motifs is 3. The van der Waals surface area contributed by atoms with E-state index >= 15 is 0 Å². The summed E-state index contributed by atoms with van der Waals surface area (Å²) in [5.41, 5.74) is 2.60. The number of aromatic nitrogens is 2. The molecule has 2 aromatic heterocycles. The zero-order chi connectivity index (χ0) is 22.7. The molecule has 32 heavy (non-hydrogen) atoms. The van der Waals surface area contributed by atoms with Crippen LogP contribution in [0.2, 0.25) is 0 Å². The molecule has 5 heteroatoms. The first-order chi connectivity index (χ1) is 15.4. The van der Waals surface area contributed by atoms with Crippen LogP contribution in [0, 0.1) is 11.3 Å². The van der Waals surface area contributed by atoms with Crippen molar-refractivity contribution in [1.82, 2.24) is 9.55 Å². The molecule has 1 aromatic carbocycles. The predicted octanol–water partition coefficient (Wildman–Crippen LogP) is 7.66. The lowest BCUT2D eigenvalue weighted by atomic mass is 9.72. The third kappa shape index (κ3) is 4.99. The molecule has 1 aliphatic rings. The molecule has 172 valence electrons. The van der Waals surface area contributed by atoms with Crippen LogP contribution in [0.15, 0.2) is 40.3 Å². The quantitative estimate of drug-likeness (QED) is 0.193. The van der Waals surface area contributed by atoms with Gasteiger partial charge in [-0.2, -0.15) is 0 Å². The van der Waals surface area contributed by atoms with E-state index in [-0.39, 0.29) is 5.56 Å². The number of thioether (sulfide) groups is 1. The predicted molar refractivity (Wildman–Crippen MR) is 140 cm³/mol. The molecular formula is C27H36N2OS2. The van der Waals surface area contributed by atoms with Gasteiger partial charge in [0.25, 0.3) is 5.56 Å². The summed E-state index contributed by atoms with van der Waals surface area (Å²) in [6.07, 6.45) is 9.50. The molecule has 0 spiro atoms. The molecular weight excluding hydrogens is 432 g/mol. The Labute approximate surface area is 200 Å². The number of benzene rings is 1. The number of rotatable bonds is 8. The lowest BCUT2D eigenvalue weighted by Gasteiger charge is -2.33. The molecule has 0 aliphatic heterocycles. The summed E-state index contributed by atoms with van der Waals surface area (Å²) in [5.74, 6) is 1.67. The lowest BCUT2D eigenvalue weighted by molar-refractivity contribution is 0.218. The topological polar surface area (TPSA) is 34.9 Å². The third-order valence-corrected chi connectivity index (χ3v) is 8.94. The molecule has 3 nitrogen and oxygen atoms in total. The van der Waals surface area contributed by atoms with Crippen molar-refractivity contribution in [3.8, 4) is 5.69 Å². The van der Waals surface area contributed by atoms with Crippen LogP contribution in [0.5, 0.6) is 0 Å². The number of hydrogen-bond donors (Lipinski definition) is 0. The maximum Gasteiger partial charge on any atom is 0.267 e. The highest BCUT2D eigenvalue weighted by atomic mass is 32.2. The van der Waals surface area contributed by atoms with Gasteiger partial charge in [-0.1, -0.05) is 83.3 Å². The Kier molecular flexibility index (Phi) is 7.46. The fraction of sp³-hybridized carbons (Fsp3) is 0.556. The van der Waals surface area contributed by atoms with Crippen molar-refractivity contribution >= 4 is 33.3 Å².